The molecule has 0 aliphatic carbocycles. The van der Waals surface area contributed by atoms with Crippen LogP contribution in [0.5, 0.6) is 11.5 Å². The van der Waals surface area contributed by atoms with Gasteiger partial charge in [-0.2, -0.15) is 0 Å². The highest BCUT2D eigenvalue weighted by Gasteiger charge is 2.05. The number of ether oxygens (including phenoxy) is 1. The van der Waals surface area contributed by atoms with Crippen LogP contribution in [0.15, 0.2) is 42.6 Å². The fraction of sp³-hybridized carbons (Fsp3) is 0.267. The van der Waals surface area contributed by atoms with Crippen LogP contribution < -0.4 is 4.74 Å². The van der Waals surface area contributed by atoms with Gasteiger partial charge in [-0.05, 0) is 43.2 Å². The van der Waals surface area contributed by atoms with Crippen molar-refractivity contribution in [2.75, 3.05) is 0 Å². The van der Waals surface area contributed by atoms with Crippen LogP contribution in [-0.2, 0) is 0 Å². The highest BCUT2D eigenvalue weighted by molar-refractivity contribution is 5.35. The number of nitrogens with zero attached hydrogens (tertiary/aromatic N) is 1. The van der Waals surface area contributed by atoms with E-state index in [0.29, 0.717) is 6.42 Å². The third kappa shape index (κ3) is 2.87. The van der Waals surface area contributed by atoms with Gasteiger partial charge in [-0.1, -0.05) is 19.1 Å². The summed E-state index contributed by atoms with van der Waals surface area (Å²) in [7, 11) is 0. The second-order valence-corrected chi connectivity index (χ2v) is 4.18. The molecule has 3 heteroatoms. The third-order valence-electron chi connectivity index (χ3n) is 2.84. The van der Waals surface area contributed by atoms with Crippen LogP contribution in [0, 0.1) is 6.92 Å². The van der Waals surface area contributed by atoms with Gasteiger partial charge in [0.1, 0.15) is 11.5 Å². The van der Waals surface area contributed by atoms with Gasteiger partial charge in [-0.15, -0.1) is 0 Å². The van der Waals surface area contributed by atoms with Gasteiger partial charge in [0.15, 0.2) is 0 Å². The van der Waals surface area contributed by atoms with E-state index in [1.807, 2.05) is 50.2 Å². The Hall–Kier alpha value is -1.87. The minimum atomic E-state index is -0.404. The van der Waals surface area contributed by atoms with E-state index >= 15 is 0 Å². The molecular formula is C15H17NO2. The summed E-state index contributed by atoms with van der Waals surface area (Å²) >= 11 is 0. The van der Waals surface area contributed by atoms with Crippen molar-refractivity contribution >= 4 is 0 Å². The van der Waals surface area contributed by atoms with Crippen LogP contribution in [0.2, 0.25) is 0 Å². The van der Waals surface area contributed by atoms with Gasteiger partial charge >= 0.3 is 0 Å². The number of rotatable bonds is 4. The van der Waals surface area contributed by atoms with Gasteiger partial charge in [-0.25, -0.2) is 0 Å². The number of aliphatic hydroxyl groups excluding tert-OH is 1. The first-order chi connectivity index (χ1) is 8.70. The van der Waals surface area contributed by atoms with E-state index < -0.39 is 6.10 Å². The van der Waals surface area contributed by atoms with Crippen molar-refractivity contribution in [1.82, 2.24) is 4.98 Å². The number of aryl methyl sites for hydroxylation is 1. The quantitative estimate of drug-likeness (QED) is 0.891. The Morgan fingerprint density at radius 2 is 1.94 bits per heavy atom. The molecule has 0 fully saturated rings. The molecule has 0 saturated heterocycles. The predicted octanol–water partition coefficient (Wildman–Crippen LogP) is 3.63. The number of benzene rings is 1. The van der Waals surface area contributed by atoms with Crippen molar-refractivity contribution in [2.45, 2.75) is 26.4 Å². The molecule has 2 rings (SSSR count). The largest absolute Gasteiger partial charge is 0.455 e. The normalized spacial score (nSPS) is 12.2. The predicted molar refractivity (Wildman–Crippen MR) is 70.7 cm³/mol. The van der Waals surface area contributed by atoms with E-state index in [2.05, 4.69) is 4.98 Å². The lowest BCUT2D eigenvalue weighted by Crippen LogP contribution is -1.95. The molecule has 1 aromatic carbocycles. The zero-order valence-electron chi connectivity index (χ0n) is 10.6. The van der Waals surface area contributed by atoms with Crippen LogP contribution in [-0.4, -0.2) is 10.1 Å². The minimum Gasteiger partial charge on any atom is -0.455 e. The summed E-state index contributed by atoms with van der Waals surface area (Å²) < 4.78 is 5.73. The molecule has 0 spiro atoms. The number of aromatic nitrogens is 1. The first kappa shape index (κ1) is 12.6. The van der Waals surface area contributed by atoms with Gasteiger partial charge in [0, 0.05) is 6.20 Å². The van der Waals surface area contributed by atoms with E-state index in [-0.39, 0.29) is 0 Å². The first-order valence-corrected chi connectivity index (χ1v) is 6.08. The number of aliphatic hydroxyl groups is 1. The lowest BCUT2D eigenvalue weighted by atomic mass is 10.1. The molecule has 0 amide bonds. The standard InChI is InChI=1S/C15H17NO2/c1-3-14(17)12-6-8-13(9-7-12)18-15-5-4-10-16-11(15)2/h4-10,14,17H,3H2,1-2H3. The number of hydrogen-bond donors (Lipinski definition) is 1. The third-order valence-corrected chi connectivity index (χ3v) is 2.84. The van der Waals surface area contributed by atoms with Gasteiger partial charge in [0.25, 0.3) is 0 Å². The number of pyridine rings is 1. The Bertz CT molecular complexity index is 508. The Morgan fingerprint density at radius 3 is 2.56 bits per heavy atom. The van der Waals surface area contributed by atoms with E-state index in [9.17, 15) is 5.11 Å². The summed E-state index contributed by atoms with van der Waals surface area (Å²) in [6, 6.07) is 11.2. The Kier molecular flexibility index (Phi) is 3.95. The molecule has 3 nitrogen and oxygen atoms in total. The Morgan fingerprint density at radius 1 is 1.22 bits per heavy atom. The van der Waals surface area contributed by atoms with Gasteiger partial charge in [0.2, 0.25) is 0 Å². The first-order valence-electron chi connectivity index (χ1n) is 6.08. The molecule has 0 radical (unpaired) electrons. The molecule has 1 atom stereocenters. The molecule has 0 aliphatic rings. The fourth-order valence-corrected chi connectivity index (χ4v) is 1.70. The fourth-order valence-electron chi connectivity index (χ4n) is 1.70. The molecule has 2 aromatic rings. The lowest BCUT2D eigenvalue weighted by Gasteiger charge is -2.10. The van der Waals surface area contributed by atoms with E-state index in [0.717, 1.165) is 22.8 Å². The van der Waals surface area contributed by atoms with Gasteiger partial charge in [-0.3, -0.25) is 4.98 Å². The van der Waals surface area contributed by atoms with Gasteiger partial charge in [0.05, 0.1) is 11.8 Å². The van der Waals surface area contributed by atoms with Crippen molar-refractivity contribution in [3.05, 3.63) is 53.9 Å². The summed E-state index contributed by atoms with van der Waals surface area (Å²) in [5.41, 5.74) is 1.77. The monoisotopic (exact) mass is 243 g/mol. The highest BCUT2D eigenvalue weighted by atomic mass is 16.5. The van der Waals surface area contributed by atoms with E-state index in [1.165, 1.54) is 0 Å². The summed E-state index contributed by atoms with van der Waals surface area (Å²) in [6.07, 6.45) is 2.05. The molecule has 1 heterocycles. The topological polar surface area (TPSA) is 42.4 Å². The molecule has 94 valence electrons. The minimum absolute atomic E-state index is 0.404. The molecule has 0 bridgehead atoms. The molecule has 1 N–H and O–H groups in total. The number of hydrogen-bond acceptors (Lipinski definition) is 3. The smallest absolute Gasteiger partial charge is 0.148 e. The van der Waals surface area contributed by atoms with Crippen LogP contribution >= 0.6 is 0 Å². The average molecular weight is 243 g/mol. The maximum absolute atomic E-state index is 9.70. The Labute approximate surface area is 107 Å². The van der Waals surface area contributed by atoms with Crippen LogP contribution in [0.3, 0.4) is 0 Å². The Balaban J connectivity index is 2.14. The molecule has 1 aromatic heterocycles. The van der Waals surface area contributed by atoms with E-state index in [4.69, 9.17) is 4.74 Å². The second-order valence-electron chi connectivity index (χ2n) is 4.18. The lowest BCUT2D eigenvalue weighted by molar-refractivity contribution is 0.173. The second kappa shape index (κ2) is 5.65. The highest BCUT2D eigenvalue weighted by Crippen LogP contribution is 2.25. The average Bonchev–Trinajstić information content (AvgIpc) is 2.41. The van der Waals surface area contributed by atoms with Crippen LogP contribution in [0.1, 0.15) is 30.7 Å². The van der Waals surface area contributed by atoms with Crippen molar-refractivity contribution in [1.29, 1.82) is 0 Å². The summed E-state index contributed by atoms with van der Waals surface area (Å²) in [4.78, 5) is 4.17. The molecular weight excluding hydrogens is 226 g/mol. The maximum atomic E-state index is 9.70. The SMILES string of the molecule is CCC(O)c1ccc(Oc2cccnc2C)cc1. The summed E-state index contributed by atoms with van der Waals surface area (Å²) in [6.45, 7) is 3.86. The van der Waals surface area contributed by atoms with Crippen LogP contribution in [0.25, 0.3) is 0 Å². The summed E-state index contributed by atoms with van der Waals surface area (Å²) in [5.74, 6) is 1.50. The molecule has 0 saturated carbocycles. The molecule has 1 unspecified atom stereocenters. The van der Waals surface area contributed by atoms with Crippen molar-refractivity contribution in [2.24, 2.45) is 0 Å². The van der Waals surface area contributed by atoms with Crippen molar-refractivity contribution in [3.63, 3.8) is 0 Å². The van der Waals surface area contributed by atoms with Crippen molar-refractivity contribution in [3.8, 4) is 11.5 Å². The zero-order chi connectivity index (χ0) is 13.0. The molecule has 18 heavy (non-hydrogen) atoms. The maximum Gasteiger partial charge on any atom is 0.148 e. The van der Waals surface area contributed by atoms with Crippen LogP contribution in [0.4, 0.5) is 0 Å². The zero-order valence-corrected chi connectivity index (χ0v) is 10.6. The van der Waals surface area contributed by atoms with E-state index in [1.54, 1.807) is 6.20 Å². The molecule has 0 aliphatic heterocycles. The summed E-state index contributed by atoms with van der Waals surface area (Å²) in [5, 5.41) is 9.70. The van der Waals surface area contributed by atoms with Crippen molar-refractivity contribution < 1.29 is 9.84 Å². The van der Waals surface area contributed by atoms with Gasteiger partial charge < -0.3 is 9.84 Å².